The fraction of sp³-hybridized carbons (Fsp3) is 0.250. The minimum absolute atomic E-state index is 0.0884. The number of hydrogen-bond acceptors (Lipinski definition) is 8. The first kappa shape index (κ1) is 29.5. The quantitative estimate of drug-likeness (QED) is 0.150. The molecular formula is C28H31N3O7. The number of carbonyl (C=O) groups is 4. The fourth-order valence-electron chi connectivity index (χ4n) is 3.23. The Bertz CT molecular complexity index is 1250. The van der Waals surface area contributed by atoms with Crippen molar-refractivity contribution in [3.63, 3.8) is 0 Å². The molecule has 0 fully saturated rings. The van der Waals surface area contributed by atoms with E-state index in [0.717, 1.165) is 11.0 Å². The number of carbonyl (C=O) groups excluding carboxylic acids is 4. The lowest BCUT2D eigenvalue weighted by atomic mass is 10.1. The number of hydrogen-bond donors (Lipinski definition) is 2. The zero-order valence-electron chi connectivity index (χ0n) is 21.8. The molecule has 0 heterocycles. The summed E-state index contributed by atoms with van der Waals surface area (Å²) < 4.78 is 15.2. The molecule has 3 N–H and O–H groups in total. The number of allylic oxidation sites excluding steroid dienone is 1. The first-order valence-electron chi connectivity index (χ1n) is 11.8. The summed E-state index contributed by atoms with van der Waals surface area (Å²) in [5, 5.41) is 7.41. The summed E-state index contributed by atoms with van der Waals surface area (Å²) in [7, 11) is 0. The first-order valence-corrected chi connectivity index (χ1v) is 11.8. The van der Waals surface area contributed by atoms with E-state index in [1.54, 1.807) is 75.4 Å². The molecule has 200 valence electrons. The number of rotatable bonds is 11. The zero-order valence-corrected chi connectivity index (χ0v) is 21.8. The predicted molar refractivity (Wildman–Crippen MR) is 141 cm³/mol. The van der Waals surface area contributed by atoms with E-state index in [9.17, 15) is 19.2 Å². The Morgan fingerprint density at radius 1 is 0.895 bits per heavy atom. The highest BCUT2D eigenvalue weighted by molar-refractivity contribution is 6.00. The maximum atomic E-state index is 13.2. The highest BCUT2D eigenvalue weighted by Crippen LogP contribution is 2.17. The summed E-state index contributed by atoms with van der Waals surface area (Å²) >= 11 is 0. The van der Waals surface area contributed by atoms with Gasteiger partial charge in [-0.15, -0.1) is 0 Å². The van der Waals surface area contributed by atoms with Gasteiger partial charge in [0, 0.05) is 22.9 Å². The van der Waals surface area contributed by atoms with E-state index >= 15 is 0 Å². The molecule has 38 heavy (non-hydrogen) atoms. The highest BCUT2D eigenvalue weighted by Gasteiger charge is 2.22. The summed E-state index contributed by atoms with van der Waals surface area (Å²) in [4.78, 5) is 50.8. The van der Waals surface area contributed by atoms with Crippen molar-refractivity contribution in [3.8, 4) is 5.75 Å². The Kier molecular flexibility index (Phi) is 11.0. The van der Waals surface area contributed by atoms with Gasteiger partial charge in [-0.25, -0.2) is 9.59 Å². The van der Waals surface area contributed by atoms with Gasteiger partial charge in [-0.3, -0.25) is 15.0 Å². The van der Waals surface area contributed by atoms with Crippen LogP contribution in [-0.2, 0) is 23.9 Å². The third-order valence-corrected chi connectivity index (χ3v) is 5.12. The van der Waals surface area contributed by atoms with Gasteiger partial charge >= 0.3 is 17.9 Å². The van der Waals surface area contributed by atoms with Gasteiger partial charge < -0.3 is 24.8 Å². The SMILES string of the molecule is CCOC(=O)C=C(C)N(CC(=O)OCC)C(=O)C(C)=Cc1ccc(C(=O)Oc2ccc(C(=N)N)cc2)cc1. The predicted octanol–water partition coefficient (Wildman–Crippen LogP) is 3.45. The van der Waals surface area contributed by atoms with Crippen LogP contribution in [0.3, 0.4) is 0 Å². The van der Waals surface area contributed by atoms with Gasteiger partial charge in [0.1, 0.15) is 18.1 Å². The van der Waals surface area contributed by atoms with Gasteiger partial charge in [0.2, 0.25) is 0 Å². The number of benzene rings is 2. The van der Waals surface area contributed by atoms with E-state index in [4.69, 9.17) is 25.4 Å². The summed E-state index contributed by atoms with van der Waals surface area (Å²) in [5.41, 5.74) is 7.36. The van der Waals surface area contributed by atoms with Gasteiger partial charge in [0.25, 0.3) is 5.91 Å². The number of nitrogens with one attached hydrogen (secondary N) is 1. The number of amidine groups is 1. The van der Waals surface area contributed by atoms with Crippen molar-refractivity contribution in [2.45, 2.75) is 27.7 Å². The Morgan fingerprint density at radius 2 is 1.47 bits per heavy atom. The largest absolute Gasteiger partial charge is 0.465 e. The third kappa shape index (κ3) is 8.74. The molecule has 0 atom stereocenters. The van der Waals surface area contributed by atoms with Crippen molar-refractivity contribution in [1.29, 1.82) is 5.41 Å². The lowest BCUT2D eigenvalue weighted by Crippen LogP contribution is -2.36. The Labute approximate surface area is 221 Å². The monoisotopic (exact) mass is 521 g/mol. The van der Waals surface area contributed by atoms with Gasteiger partial charge in [0.05, 0.1) is 18.8 Å². The van der Waals surface area contributed by atoms with Crippen molar-refractivity contribution in [2.24, 2.45) is 5.73 Å². The molecule has 0 aromatic heterocycles. The Hall–Kier alpha value is -4.73. The van der Waals surface area contributed by atoms with Gasteiger partial charge in [0.15, 0.2) is 0 Å². The van der Waals surface area contributed by atoms with Crippen LogP contribution in [0.25, 0.3) is 6.08 Å². The third-order valence-electron chi connectivity index (χ3n) is 5.12. The van der Waals surface area contributed by atoms with Crippen LogP contribution in [0, 0.1) is 5.41 Å². The maximum Gasteiger partial charge on any atom is 0.343 e. The Morgan fingerprint density at radius 3 is 2.03 bits per heavy atom. The van der Waals surface area contributed by atoms with E-state index in [1.165, 1.54) is 6.92 Å². The lowest BCUT2D eigenvalue weighted by Gasteiger charge is -2.22. The van der Waals surface area contributed by atoms with Gasteiger partial charge in [-0.2, -0.15) is 0 Å². The van der Waals surface area contributed by atoms with Crippen LogP contribution in [0.15, 0.2) is 65.9 Å². The maximum absolute atomic E-state index is 13.2. The topological polar surface area (TPSA) is 149 Å². The molecule has 0 radical (unpaired) electrons. The van der Waals surface area contributed by atoms with Crippen LogP contribution in [0.5, 0.6) is 5.75 Å². The van der Waals surface area contributed by atoms with Crippen LogP contribution < -0.4 is 10.5 Å². The second kappa shape index (κ2) is 14.1. The molecule has 0 bridgehead atoms. The van der Waals surface area contributed by atoms with Crippen LogP contribution in [0.4, 0.5) is 0 Å². The van der Waals surface area contributed by atoms with Gasteiger partial charge in [-0.05, 0) is 75.7 Å². The molecule has 0 aliphatic carbocycles. The average Bonchev–Trinajstić information content (AvgIpc) is 2.87. The molecule has 1 amide bonds. The summed E-state index contributed by atoms with van der Waals surface area (Å²) in [6.45, 7) is 6.35. The van der Waals surface area contributed by atoms with Crippen molar-refractivity contribution >= 4 is 35.7 Å². The van der Waals surface area contributed by atoms with Crippen LogP contribution in [0.1, 0.15) is 49.2 Å². The first-order chi connectivity index (χ1) is 18.0. The molecule has 0 unspecified atom stereocenters. The lowest BCUT2D eigenvalue weighted by molar-refractivity contribution is -0.147. The fourth-order valence-corrected chi connectivity index (χ4v) is 3.23. The number of nitrogen functional groups attached to an aromatic ring is 1. The van der Waals surface area contributed by atoms with Gasteiger partial charge in [-0.1, -0.05) is 12.1 Å². The van der Waals surface area contributed by atoms with Crippen molar-refractivity contribution in [3.05, 3.63) is 82.6 Å². The van der Waals surface area contributed by atoms with Crippen LogP contribution >= 0.6 is 0 Å². The smallest absolute Gasteiger partial charge is 0.343 e. The van der Waals surface area contributed by atoms with E-state index in [1.807, 2.05) is 0 Å². The minimum atomic E-state index is -0.634. The molecule has 0 saturated carbocycles. The van der Waals surface area contributed by atoms with Crippen LogP contribution in [-0.4, -0.2) is 54.3 Å². The van der Waals surface area contributed by atoms with E-state index in [2.05, 4.69) is 0 Å². The molecule has 10 nitrogen and oxygen atoms in total. The second-order valence-electron chi connectivity index (χ2n) is 8.01. The number of esters is 3. The average molecular weight is 522 g/mol. The molecule has 0 aliphatic rings. The molecule has 0 saturated heterocycles. The summed E-state index contributed by atoms with van der Waals surface area (Å²) in [6.07, 6.45) is 2.73. The molecule has 2 aromatic rings. The van der Waals surface area contributed by atoms with Crippen molar-refractivity contribution in [2.75, 3.05) is 19.8 Å². The molecule has 0 aliphatic heterocycles. The summed E-state index contributed by atoms with van der Waals surface area (Å²) in [6, 6.07) is 12.6. The molecule has 2 rings (SSSR count). The highest BCUT2D eigenvalue weighted by atomic mass is 16.5. The number of ether oxygens (including phenoxy) is 3. The van der Waals surface area contributed by atoms with E-state index in [-0.39, 0.29) is 36.9 Å². The molecule has 2 aromatic carbocycles. The second-order valence-corrected chi connectivity index (χ2v) is 8.01. The zero-order chi connectivity index (χ0) is 28.2. The standard InChI is InChI=1S/C28H31N3O7/c1-5-36-24(32)16-19(4)31(17-25(33)37-6-2)27(34)18(3)15-20-7-9-22(10-8-20)28(35)38-23-13-11-21(12-14-23)26(29)30/h7-16H,5-6,17H2,1-4H3,(H3,29,30). The number of nitrogens with zero attached hydrogens (tertiary/aromatic N) is 1. The minimum Gasteiger partial charge on any atom is -0.465 e. The molecule has 0 spiro atoms. The van der Waals surface area contributed by atoms with E-state index < -0.39 is 23.8 Å². The molecular weight excluding hydrogens is 490 g/mol. The Balaban J connectivity index is 2.18. The van der Waals surface area contributed by atoms with Crippen molar-refractivity contribution in [1.82, 2.24) is 4.90 Å². The molecule has 10 heteroatoms. The van der Waals surface area contributed by atoms with Crippen molar-refractivity contribution < 1.29 is 33.4 Å². The normalized spacial score (nSPS) is 11.4. The number of nitrogens with two attached hydrogens (primary N) is 1. The van der Waals surface area contributed by atoms with Crippen LogP contribution in [0.2, 0.25) is 0 Å². The summed E-state index contributed by atoms with van der Waals surface area (Å²) in [5.74, 6) is -2.12. The number of amides is 1. The van der Waals surface area contributed by atoms with E-state index in [0.29, 0.717) is 22.4 Å².